The van der Waals surface area contributed by atoms with Gasteiger partial charge in [-0.15, -0.1) is 0 Å². The predicted octanol–water partition coefficient (Wildman–Crippen LogP) is 3.43. The van der Waals surface area contributed by atoms with E-state index in [1.807, 2.05) is 12.1 Å². The minimum absolute atomic E-state index is 0.0804. The summed E-state index contributed by atoms with van der Waals surface area (Å²) in [5.74, 6) is -0.875. The van der Waals surface area contributed by atoms with Crippen molar-refractivity contribution in [2.24, 2.45) is 5.73 Å². The van der Waals surface area contributed by atoms with Crippen LogP contribution in [0.4, 0.5) is 0 Å². The number of nitrogens with two attached hydrogens (primary N) is 1. The molecular formula is C15H25NO2. The van der Waals surface area contributed by atoms with E-state index in [-0.39, 0.29) is 5.41 Å². The smallest absolute Gasteiger partial charge is 0.335 e. The molecule has 3 N–H and O–H groups in total. The molecule has 3 nitrogen and oxygen atoms in total. The van der Waals surface area contributed by atoms with E-state index in [9.17, 15) is 4.79 Å². The van der Waals surface area contributed by atoms with Gasteiger partial charge in [-0.05, 0) is 36.1 Å². The number of carboxylic acids is 1. The van der Waals surface area contributed by atoms with E-state index in [2.05, 4.69) is 27.7 Å². The molecule has 0 heterocycles. The number of hydrogen-bond acceptors (Lipinski definition) is 2. The highest BCUT2D eigenvalue weighted by Crippen LogP contribution is 2.21. The molecule has 0 amide bonds. The van der Waals surface area contributed by atoms with E-state index in [0.29, 0.717) is 5.56 Å². The van der Waals surface area contributed by atoms with Crippen molar-refractivity contribution in [3.05, 3.63) is 35.4 Å². The van der Waals surface area contributed by atoms with Gasteiger partial charge in [0.15, 0.2) is 0 Å². The molecule has 0 atom stereocenters. The van der Waals surface area contributed by atoms with Crippen LogP contribution >= 0.6 is 0 Å². The Hall–Kier alpha value is -1.35. The highest BCUT2D eigenvalue weighted by atomic mass is 16.4. The first kappa shape index (κ1) is 16.6. The van der Waals surface area contributed by atoms with Crippen LogP contribution in [0.5, 0.6) is 0 Å². The van der Waals surface area contributed by atoms with Gasteiger partial charge in [0.2, 0.25) is 0 Å². The average Bonchev–Trinajstić information content (AvgIpc) is 2.30. The van der Waals surface area contributed by atoms with Crippen molar-refractivity contribution < 1.29 is 9.90 Å². The molecule has 0 bridgehead atoms. The van der Waals surface area contributed by atoms with E-state index in [0.717, 1.165) is 12.1 Å². The average molecular weight is 251 g/mol. The fourth-order valence-electron chi connectivity index (χ4n) is 1.32. The van der Waals surface area contributed by atoms with Crippen LogP contribution in [0.15, 0.2) is 24.3 Å². The first-order valence-electron chi connectivity index (χ1n) is 6.36. The summed E-state index contributed by atoms with van der Waals surface area (Å²) in [5.41, 5.74) is 6.71. The second-order valence-electron chi connectivity index (χ2n) is 5.27. The molecular weight excluding hydrogens is 226 g/mol. The Bertz CT molecular complexity index is 348. The van der Waals surface area contributed by atoms with Gasteiger partial charge < -0.3 is 10.8 Å². The summed E-state index contributed by atoms with van der Waals surface area (Å²) in [6.07, 6.45) is 2.39. The zero-order chi connectivity index (χ0) is 14.2. The fourth-order valence-corrected chi connectivity index (χ4v) is 1.32. The molecule has 0 aliphatic rings. The van der Waals surface area contributed by atoms with E-state index in [1.54, 1.807) is 12.1 Å². The molecule has 0 spiro atoms. The number of hydrogen-bond donors (Lipinski definition) is 2. The van der Waals surface area contributed by atoms with Crippen molar-refractivity contribution in [1.29, 1.82) is 0 Å². The van der Waals surface area contributed by atoms with Crippen LogP contribution in [0, 0.1) is 0 Å². The van der Waals surface area contributed by atoms with Crippen molar-refractivity contribution in [2.75, 3.05) is 6.54 Å². The summed E-state index contributed by atoms with van der Waals surface area (Å²) in [6, 6.07) is 7.01. The molecule has 3 heteroatoms. The molecule has 18 heavy (non-hydrogen) atoms. The normalized spacial score (nSPS) is 10.5. The monoisotopic (exact) mass is 251 g/mol. The van der Waals surface area contributed by atoms with Crippen LogP contribution in [-0.4, -0.2) is 17.6 Å². The number of aromatic carboxylic acids is 1. The minimum Gasteiger partial charge on any atom is -0.478 e. The molecule has 1 aromatic rings. The molecule has 0 fully saturated rings. The van der Waals surface area contributed by atoms with Gasteiger partial charge in [-0.2, -0.15) is 0 Å². The van der Waals surface area contributed by atoms with Crippen molar-refractivity contribution in [2.45, 2.75) is 46.0 Å². The van der Waals surface area contributed by atoms with Gasteiger partial charge in [0.1, 0.15) is 0 Å². The molecule has 1 rings (SSSR count). The number of unbranched alkanes of at least 4 members (excludes halogenated alkanes) is 1. The molecule has 0 aliphatic carbocycles. The Morgan fingerprint density at radius 3 is 1.94 bits per heavy atom. The highest BCUT2D eigenvalue weighted by Gasteiger charge is 2.13. The van der Waals surface area contributed by atoms with E-state index in [1.165, 1.54) is 12.8 Å². The number of benzene rings is 1. The maximum absolute atomic E-state index is 10.6. The van der Waals surface area contributed by atoms with Crippen LogP contribution in [0.25, 0.3) is 0 Å². The second kappa shape index (κ2) is 7.88. The maximum atomic E-state index is 10.6. The SMILES string of the molecule is CC(C)(C)c1ccc(C(=O)O)cc1.CCCCN. The summed E-state index contributed by atoms with van der Waals surface area (Å²) in [5, 5.41) is 8.68. The lowest BCUT2D eigenvalue weighted by Gasteiger charge is -2.18. The third kappa shape index (κ3) is 6.40. The van der Waals surface area contributed by atoms with Crippen molar-refractivity contribution in [3.8, 4) is 0 Å². The predicted molar refractivity (Wildman–Crippen MR) is 76.1 cm³/mol. The summed E-state index contributed by atoms with van der Waals surface area (Å²) >= 11 is 0. The van der Waals surface area contributed by atoms with Crippen LogP contribution < -0.4 is 5.73 Å². The van der Waals surface area contributed by atoms with Gasteiger partial charge in [-0.25, -0.2) is 4.79 Å². The summed E-state index contributed by atoms with van der Waals surface area (Å²) in [6.45, 7) is 9.28. The van der Waals surface area contributed by atoms with Crippen molar-refractivity contribution in [1.82, 2.24) is 0 Å². The van der Waals surface area contributed by atoms with Crippen molar-refractivity contribution in [3.63, 3.8) is 0 Å². The topological polar surface area (TPSA) is 63.3 Å². The Kier molecular flexibility index (Phi) is 7.29. The third-order valence-electron chi connectivity index (χ3n) is 2.56. The van der Waals surface area contributed by atoms with Crippen LogP contribution in [0.1, 0.15) is 56.5 Å². The first-order valence-corrected chi connectivity index (χ1v) is 6.36. The van der Waals surface area contributed by atoms with E-state index < -0.39 is 5.97 Å². The first-order chi connectivity index (χ1) is 8.32. The van der Waals surface area contributed by atoms with Crippen LogP contribution in [0.3, 0.4) is 0 Å². The summed E-state index contributed by atoms with van der Waals surface area (Å²) < 4.78 is 0. The van der Waals surface area contributed by atoms with Gasteiger partial charge in [-0.1, -0.05) is 46.2 Å². The highest BCUT2D eigenvalue weighted by molar-refractivity contribution is 5.87. The zero-order valence-corrected chi connectivity index (χ0v) is 11.9. The minimum atomic E-state index is -0.875. The zero-order valence-electron chi connectivity index (χ0n) is 11.9. The van der Waals surface area contributed by atoms with Gasteiger partial charge in [0.05, 0.1) is 5.56 Å². The van der Waals surface area contributed by atoms with Crippen LogP contribution in [-0.2, 0) is 5.41 Å². The van der Waals surface area contributed by atoms with Crippen molar-refractivity contribution >= 4 is 5.97 Å². The number of carbonyl (C=O) groups is 1. The Morgan fingerprint density at radius 1 is 1.22 bits per heavy atom. The summed E-state index contributed by atoms with van der Waals surface area (Å²) in [7, 11) is 0. The molecule has 0 saturated heterocycles. The number of carboxylic acid groups (broad SMARTS) is 1. The van der Waals surface area contributed by atoms with E-state index in [4.69, 9.17) is 10.8 Å². The molecule has 0 unspecified atom stereocenters. The standard InChI is InChI=1S/C11H14O2.C4H11N/c1-11(2,3)9-6-4-8(5-7-9)10(12)13;1-2-3-4-5/h4-7H,1-3H3,(H,12,13);2-5H2,1H3. The van der Waals surface area contributed by atoms with Crippen LogP contribution in [0.2, 0.25) is 0 Å². The quantitative estimate of drug-likeness (QED) is 0.865. The Balaban J connectivity index is 0.000000494. The molecule has 0 aliphatic heterocycles. The molecule has 0 aromatic heterocycles. The largest absolute Gasteiger partial charge is 0.478 e. The van der Waals surface area contributed by atoms with E-state index >= 15 is 0 Å². The lowest BCUT2D eigenvalue weighted by molar-refractivity contribution is 0.0697. The summed E-state index contributed by atoms with van der Waals surface area (Å²) in [4.78, 5) is 10.6. The Labute approximate surface area is 110 Å². The van der Waals surface area contributed by atoms with Gasteiger partial charge in [0, 0.05) is 0 Å². The third-order valence-corrected chi connectivity index (χ3v) is 2.56. The molecule has 0 radical (unpaired) electrons. The molecule has 0 saturated carbocycles. The Morgan fingerprint density at radius 2 is 1.72 bits per heavy atom. The van der Waals surface area contributed by atoms with Gasteiger partial charge in [-0.3, -0.25) is 0 Å². The maximum Gasteiger partial charge on any atom is 0.335 e. The van der Waals surface area contributed by atoms with Gasteiger partial charge in [0.25, 0.3) is 0 Å². The fraction of sp³-hybridized carbons (Fsp3) is 0.533. The lowest BCUT2D eigenvalue weighted by atomic mass is 9.87. The number of rotatable bonds is 3. The van der Waals surface area contributed by atoms with Gasteiger partial charge >= 0.3 is 5.97 Å². The molecule has 1 aromatic carbocycles. The molecule has 102 valence electrons. The lowest BCUT2D eigenvalue weighted by Crippen LogP contribution is -2.11. The second-order valence-corrected chi connectivity index (χ2v) is 5.27.